The van der Waals surface area contributed by atoms with E-state index in [0.29, 0.717) is 12.2 Å². The highest BCUT2D eigenvalue weighted by Crippen LogP contribution is 2.18. The summed E-state index contributed by atoms with van der Waals surface area (Å²) in [7, 11) is 2.10. The summed E-state index contributed by atoms with van der Waals surface area (Å²) in [6.45, 7) is 11.6. The van der Waals surface area contributed by atoms with Crippen LogP contribution in [0.3, 0.4) is 0 Å². The molecule has 3 nitrogen and oxygen atoms in total. The van der Waals surface area contributed by atoms with Gasteiger partial charge in [-0.3, -0.25) is 0 Å². The first-order chi connectivity index (χ1) is 6.86. The van der Waals surface area contributed by atoms with Gasteiger partial charge < -0.3 is 14.4 Å². The lowest BCUT2D eigenvalue weighted by Crippen LogP contribution is -2.36. The Bertz CT molecular complexity index is 116. The van der Waals surface area contributed by atoms with Crippen molar-refractivity contribution < 1.29 is 9.47 Å². The Balaban J connectivity index is 0.000000379. The molecule has 0 aromatic rings. The SMILES string of the molecule is CC.CC.CN1CC2OCCOC2C1. The minimum Gasteiger partial charge on any atom is -0.372 e. The van der Waals surface area contributed by atoms with E-state index in [-0.39, 0.29) is 0 Å². The molecular weight excluding hydrogens is 178 g/mol. The molecule has 0 spiro atoms. The van der Waals surface area contributed by atoms with Crippen LogP contribution < -0.4 is 0 Å². The van der Waals surface area contributed by atoms with Crippen LogP contribution in [-0.4, -0.2) is 50.5 Å². The molecule has 2 saturated heterocycles. The molecule has 0 saturated carbocycles. The van der Waals surface area contributed by atoms with Crippen LogP contribution in [0, 0.1) is 0 Å². The van der Waals surface area contributed by atoms with Crippen molar-refractivity contribution in [2.45, 2.75) is 39.9 Å². The number of likely N-dealkylation sites (tertiary alicyclic amines) is 1. The number of hydrogen-bond donors (Lipinski definition) is 0. The number of rotatable bonds is 0. The first-order valence-corrected chi connectivity index (χ1v) is 5.78. The van der Waals surface area contributed by atoms with E-state index in [2.05, 4.69) is 11.9 Å². The maximum Gasteiger partial charge on any atom is 0.0976 e. The number of likely N-dealkylation sites (N-methyl/N-ethyl adjacent to an activating group) is 1. The molecule has 3 heteroatoms. The van der Waals surface area contributed by atoms with Crippen LogP contribution in [0.1, 0.15) is 27.7 Å². The first-order valence-electron chi connectivity index (χ1n) is 5.78. The van der Waals surface area contributed by atoms with Crippen molar-refractivity contribution in [1.82, 2.24) is 4.90 Å². The molecule has 2 unspecified atom stereocenters. The van der Waals surface area contributed by atoms with Crippen molar-refractivity contribution in [3.8, 4) is 0 Å². The summed E-state index contributed by atoms with van der Waals surface area (Å²) in [6.07, 6.45) is 0.692. The minimum absolute atomic E-state index is 0.346. The third kappa shape index (κ3) is 3.95. The molecule has 2 fully saturated rings. The average Bonchev–Trinajstić information content (AvgIpc) is 2.64. The summed E-state index contributed by atoms with van der Waals surface area (Å²) >= 11 is 0. The van der Waals surface area contributed by atoms with Crippen molar-refractivity contribution in [3.05, 3.63) is 0 Å². The van der Waals surface area contributed by atoms with Gasteiger partial charge in [0, 0.05) is 13.1 Å². The Hall–Kier alpha value is -0.120. The summed E-state index contributed by atoms with van der Waals surface area (Å²) in [5.74, 6) is 0. The molecular formula is C11H25NO2. The standard InChI is InChI=1S/C7H13NO2.2C2H6/c1-8-4-6-7(5-8)10-3-2-9-6;2*1-2/h6-7H,2-5H2,1H3;2*1-2H3. The average molecular weight is 203 g/mol. The first kappa shape index (κ1) is 13.9. The zero-order valence-corrected chi connectivity index (χ0v) is 10.2. The fourth-order valence-corrected chi connectivity index (χ4v) is 1.64. The van der Waals surface area contributed by atoms with Crippen molar-refractivity contribution in [2.75, 3.05) is 33.4 Å². The molecule has 0 radical (unpaired) electrons. The third-order valence-corrected chi connectivity index (χ3v) is 2.15. The van der Waals surface area contributed by atoms with Crippen LogP contribution in [-0.2, 0) is 9.47 Å². The molecule has 0 bridgehead atoms. The van der Waals surface area contributed by atoms with Crippen LogP contribution in [0.25, 0.3) is 0 Å². The van der Waals surface area contributed by atoms with E-state index < -0.39 is 0 Å². The summed E-state index contributed by atoms with van der Waals surface area (Å²) < 4.78 is 11.0. The van der Waals surface area contributed by atoms with Crippen LogP contribution in [0.5, 0.6) is 0 Å². The van der Waals surface area contributed by atoms with E-state index in [0.717, 1.165) is 26.3 Å². The Kier molecular flexibility index (Phi) is 8.14. The Morgan fingerprint density at radius 1 is 0.857 bits per heavy atom. The van der Waals surface area contributed by atoms with Gasteiger partial charge in [0.2, 0.25) is 0 Å². The predicted molar refractivity (Wildman–Crippen MR) is 59.7 cm³/mol. The Morgan fingerprint density at radius 3 is 1.57 bits per heavy atom. The van der Waals surface area contributed by atoms with Gasteiger partial charge in [-0.05, 0) is 7.05 Å². The van der Waals surface area contributed by atoms with Gasteiger partial charge >= 0.3 is 0 Å². The molecule has 86 valence electrons. The number of fused-ring (bicyclic) bond motifs is 1. The number of hydrogen-bond acceptors (Lipinski definition) is 3. The lowest BCUT2D eigenvalue weighted by molar-refractivity contribution is -0.116. The van der Waals surface area contributed by atoms with Gasteiger partial charge in [0.15, 0.2) is 0 Å². The topological polar surface area (TPSA) is 21.7 Å². The molecule has 2 rings (SSSR count). The summed E-state index contributed by atoms with van der Waals surface area (Å²) in [4.78, 5) is 2.25. The summed E-state index contributed by atoms with van der Waals surface area (Å²) in [6, 6.07) is 0. The van der Waals surface area contributed by atoms with Crippen LogP contribution >= 0.6 is 0 Å². The second-order valence-electron chi connectivity index (χ2n) is 3.04. The van der Waals surface area contributed by atoms with E-state index >= 15 is 0 Å². The van der Waals surface area contributed by atoms with Crippen molar-refractivity contribution in [2.24, 2.45) is 0 Å². The van der Waals surface area contributed by atoms with Gasteiger partial charge in [0.25, 0.3) is 0 Å². The van der Waals surface area contributed by atoms with Crippen molar-refractivity contribution in [3.63, 3.8) is 0 Å². The number of ether oxygens (including phenoxy) is 2. The fourth-order valence-electron chi connectivity index (χ4n) is 1.64. The highest BCUT2D eigenvalue weighted by molar-refractivity contribution is 4.85. The molecule has 0 N–H and O–H groups in total. The molecule has 0 aromatic heterocycles. The van der Waals surface area contributed by atoms with Gasteiger partial charge in [0.1, 0.15) is 0 Å². The van der Waals surface area contributed by atoms with Gasteiger partial charge in [-0.2, -0.15) is 0 Å². The third-order valence-electron chi connectivity index (χ3n) is 2.15. The Morgan fingerprint density at radius 2 is 1.21 bits per heavy atom. The van der Waals surface area contributed by atoms with Crippen LogP contribution in [0.15, 0.2) is 0 Å². The maximum absolute atomic E-state index is 5.51. The van der Waals surface area contributed by atoms with E-state index in [1.807, 2.05) is 27.7 Å². The molecule has 2 aliphatic rings. The van der Waals surface area contributed by atoms with Crippen molar-refractivity contribution >= 4 is 0 Å². The molecule has 2 heterocycles. The summed E-state index contributed by atoms with van der Waals surface area (Å²) in [5.41, 5.74) is 0. The zero-order valence-electron chi connectivity index (χ0n) is 10.2. The maximum atomic E-state index is 5.51. The molecule has 14 heavy (non-hydrogen) atoms. The van der Waals surface area contributed by atoms with E-state index in [4.69, 9.17) is 9.47 Å². The van der Waals surface area contributed by atoms with Gasteiger partial charge in [-0.25, -0.2) is 0 Å². The molecule has 0 amide bonds. The van der Waals surface area contributed by atoms with Crippen molar-refractivity contribution in [1.29, 1.82) is 0 Å². The van der Waals surface area contributed by atoms with E-state index in [1.54, 1.807) is 0 Å². The van der Waals surface area contributed by atoms with E-state index in [9.17, 15) is 0 Å². The lowest BCUT2D eigenvalue weighted by Gasteiger charge is -2.24. The quantitative estimate of drug-likeness (QED) is 0.599. The van der Waals surface area contributed by atoms with Crippen LogP contribution in [0.4, 0.5) is 0 Å². The van der Waals surface area contributed by atoms with Crippen LogP contribution in [0.2, 0.25) is 0 Å². The number of nitrogens with zero attached hydrogens (tertiary/aromatic N) is 1. The second-order valence-corrected chi connectivity index (χ2v) is 3.04. The van der Waals surface area contributed by atoms with Gasteiger partial charge in [0.05, 0.1) is 25.4 Å². The second kappa shape index (κ2) is 8.21. The van der Waals surface area contributed by atoms with E-state index in [1.165, 1.54) is 0 Å². The smallest absolute Gasteiger partial charge is 0.0976 e. The normalized spacial score (nSPS) is 30.6. The molecule has 2 atom stereocenters. The highest BCUT2D eigenvalue weighted by Gasteiger charge is 2.34. The monoisotopic (exact) mass is 203 g/mol. The fraction of sp³-hybridized carbons (Fsp3) is 1.00. The zero-order chi connectivity index (χ0) is 11.0. The van der Waals surface area contributed by atoms with Gasteiger partial charge in [-0.1, -0.05) is 27.7 Å². The molecule has 2 aliphatic heterocycles. The molecule has 0 aromatic carbocycles. The highest BCUT2D eigenvalue weighted by atomic mass is 16.6. The lowest BCUT2D eigenvalue weighted by atomic mass is 10.2. The minimum atomic E-state index is 0.346. The Labute approximate surface area is 88.4 Å². The largest absolute Gasteiger partial charge is 0.372 e. The molecule has 0 aliphatic carbocycles. The summed E-state index contributed by atoms with van der Waals surface area (Å²) in [5, 5.41) is 0. The predicted octanol–water partition coefficient (Wildman–Crippen LogP) is 1.77. The van der Waals surface area contributed by atoms with Gasteiger partial charge in [-0.15, -0.1) is 0 Å².